The molecule has 3 heteroatoms. The number of fused-ring (bicyclic) bond motifs is 1. The molecule has 1 aromatic carbocycles. The van der Waals surface area contributed by atoms with E-state index in [0.29, 0.717) is 6.54 Å². The van der Waals surface area contributed by atoms with Crippen molar-refractivity contribution >= 4 is 6.21 Å². The third-order valence-corrected chi connectivity index (χ3v) is 4.85. The van der Waals surface area contributed by atoms with Crippen molar-refractivity contribution in [3.63, 3.8) is 0 Å². The highest BCUT2D eigenvalue weighted by molar-refractivity contribution is 5.93. The molecule has 1 aliphatic rings. The first-order chi connectivity index (χ1) is 11.0. The molecule has 1 aliphatic heterocycles. The lowest BCUT2D eigenvalue weighted by atomic mass is 9.78. The smallest absolute Gasteiger partial charge is 0.0818 e. The number of pyridine rings is 1. The second kappa shape index (κ2) is 6.25. The first-order valence-electron chi connectivity index (χ1n) is 8.27. The zero-order valence-corrected chi connectivity index (χ0v) is 14.5. The maximum absolute atomic E-state index is 4.44. The van der Waals surface area contributed by atoms with Crippen molar-refractivity contribution in [1.82, 2.24) is 9.88 Å². The van der Waals surface area contributed by atoms with Gasteiger partial charge in [0.1, 0.15) is 0 Å². The van der Waals surface area contributed by atoms with Gasteiger partial charge in [-0.2, -0.15) is 0 Å². The second-order valence-corrected chi connectivity index (χ2v) is 6.92. The van der Waals surface area contributed by atoms with Crippen LogP contribution < -0.4 is 0 Å². The van der Waals surface area contributed by atoms with Gasteiger partial charge in [-0.15, -0.1) is 0 Å². The van der Waals surface area contributed by atoms with Crippen LogP contribution in [0, 0.1) is 0 Å². The highest BCUT2D eigenvalue weighted by Gasteiger charge is 2.26. The van der Waals surface area contributed by atoms with Crippen LogP contribution in [0.15, 0.2) is 41.5 Å². The van der Waals surface area contributed by atoms with Crippen molar-refractivity contribution in [3.8, 4) is 11.1 Å². The number of aromatic nitrogens is 1. The quantitative estimate of drug-likeness (QED) is 0.838. The molecule has 0 amide bonds. The van der Waals surface area contributed by atoms with E-state index in [1.807, 2.05) is 12.4 Å². The molecule has 0 radical (unpaired) electrons. The van der Waals surface area contributed by atoms with E-state index in [1.54, 1.807) is 0 Å². The molecule has 0 spiro atoms. The average Bonchev–Trinajstić information content (AvgIpc) is 3.02. The normalized spacial score (nSPS) is 15.7. The van der Waals surface area contributed by atoms with Crippen molar-refractivity contribution in [1.29, 1.82) is 0 Å². The Morgan fingerprint density at radius 3 is 2.78 bits per heavy atom. The molecule has 120 valence electrons. The van der Waals surface area contributed by atoms with Gasteiger partial charge in [-0.25, -0.2) is 0 Å². The largest absolute Gasteiger partial charge is 0.309 e. The van der Waals surface area contributed by atoms with Gasteiger partial charge in [0.2, 0.25) is 0 Å². The zero-order valence-electron chi connectivity index (χ0n) is 14.5. The fraction of sp³-hybridized carbons (Fsp3) is 0.400. The Hall–Kier alpha value is -2.00. The lowest BCUT2D eigenvalue weighted by Crippen LogP contribution is -2.34. The van der Waals surface area contributed by atoms with Gasteiger partial charge in [0.15, 0.2) is 0 Å². The van der Waals surface area contributed by atoms with E-state index in [-0.39, 0.29) is 5.41 Å². The van der Waals surface area contributed by atoms with E-state index in [0.717, 1.165) is 18.7 Å². The summed E-state index contributed by atoms with van der Waals surface area (Å²) >= 11 is 0. The minimum Gasteiger partial charge on any atom is -0.309 e. The molecule has 2 aromatic rings. The summed E-state index contributed by atoms with van der Waals surface area (Å²) in [5.41, 5.74) is 6.31. The number of nitrogens with zero attached hydrogens (tertiary/aromatic N) is 3. The minimum atomic E-state index is 0.157. The number of benzene rings is 1. The third kappa shape index (κ3) is 3.06. The maximum atomic E-state index is 4.44. The van der Waals surface area contributed by atoms with Crippen molar-refractivity contribution < 1.29 is 0 Å². The van der Waals surface area contributed by atoms with Crippen LogP contribution >= 0.6 is 0 Å². The minimum absolute atomic E-state index is 0.157. The summed E-state index contributed by atoms with van der Waals surface area (Å²) < 4.78 is 0. The Labute approximate surface area is 139 Å². The molecular formula is C20H25N3. The summed E-state index contributed by atoms with van der Waals surface area (Å²) in [4.78, 5) is 11.1. The SMILES string of the molecule is CCC(C)(CN(C)C)c1cccc(-c2ccnc3c2C=NC3)c1. The molecule has 0 fully saturated rings. The van der Waals surface area contributed by atoms with E-state index in [1.165, 1.54) is 22.3 Å². The van der Waals surface area contributed by atoms with Crippen LogP contribution in [0.25, 0.3) is 11.1 Å². The number of rotatable bonds is 5. The predicted molar refractivity (Wildman–Crippen MR) is 97.2 cm³/mol. The van der Waals surface area contributed by atoms with E-state index in [4.69, 9.17) is 0 Å². The van der Waals surface area contributed by atoms with Crippen LogP contribution in [0.5, 0.6) is 0 Å². The van der Waals surface area contributed by atoms with Crippen LogP contribution in [-0.4, -0.2) is 36.7 Å². The van der Waals surface area contributed by atoms with Gasteiger partial charge < -0.3 is 4.90 Å². The Kier molecular flexibility index (Phi) is 4.31. The fourth-order valence-corrected chi connectivity index (χ4v) is 3.43. The molecule has 0 saturated carbocycles. The summed E-state index contributed by atoms with van der Waals surface area (Å²) in [6.07, 6.45) is 4.97. The maximum Gasteiger partial charge on any atom is 0.0818 e. The molecule has 3 rings (SSSR count). The molecule has 23 heavy (non-hydrogen) atoms. The number of hydrogen-bond acceptors (Lipinski definition) is 3. The second-order valence-electron chi connectivity index (χ2n) is 6.92. The Bertz CT molecular complexity index is 733. The van der Waals surface area contributed by atoms with E-state index in [2.05, 4.69) is 73.2 Å². The van der Waals surface area contributed by atoms with Crippen molar-refractivity contribution in [2.45, 2.75) is 32.2 Å². The fourth-order valence-electron chi connectivity index (χ4n) is 3.43. The summed E-state index contributed by atoms with van der Waals surface area (Å²) in [5.74, 6) is 0. The Morgan fingerprint density at radius 1 is 1.22 bits per heavy atom. The first kappa shape index (κ1) is 15.9. The molecule has 0 N–H and O–H groups in total. The van der Waals surface area contributed by atoms with Crippen LogP contribution in [-0.2, 0) is 12.0 Å². The lowest BCUT2D eigenvalue weighted by Gasteiger charge is -2.32. The summed E-state index contributed by atoms with van der Waals surface area (Å²) in [6.45, 7) is 6.37. The predicted octanol–water partition coefficient (Wildman–Crippen LogP) is 3.91. The van der Waals surface area contributed by atoms with E-state index >= 15 is 0 Å². The topological polar surface area (TPSA) is 28.5 Å². The van der Waals surface area contributed by atoms with E-state index < -0.39 is 0 Å². The van der Waals surface area contributed by atoms with Gasteiger partial charge in [0.25, 0.3) is 0 Å². The molecule has 3 nitrogen and oxygen atoms in total. The standard InChI is InChI=1S/C20H25N3/c1-5-20(2,14-23(3)4)16-8-6-7-15(11-16)17-9-10-22-19-13-21-12-18(17)19/h6-12H,5,13-14H2,1-4H3. The zero-order chi connectivity index (χ0) is 16.4. The van der Waals surface area contributed by atoms with Crippen LogP contribution in [0.2, 0.25) is 0 Å². The van der Waals surface area contributed by atoms with Crippen molar-refractivity contribution in [3.05, 3.63) is 53.3 Å². The molecule has 1 aromatic heterocycles. The van der Waals surface area contributed by atoms with Crippen molar-refractivity contribution in [2.24, 2.45) is 4.99 Å². The monoisotopic (exact) mass is 307 g/mol. The van der Waals surface area contributed by atoms with Gasteiger partial charge >= 0.3 is 0 Å². The van der Waals surface area contributed by atoms with E-state index in [9.17, 15) is 0 Å². The van der Waals surface area contributed by atoms with Crippen molar-refractivity contribution in [2.75, 3.05) is 20.6 Å². The average molecular weight is 307 g/mol. The number of aliphatic imine (C=N–C) groups is 1. The van der Waals surface area contributed by atoms with Crippen LogP contribution in [0.4, 0.5) is 0 Å². The molecule has 0 saturated heterocycles. The van der Waals surface area contributed by atoms with Crippen LogP contribution in [0.3, 0.4) is 0 Å². The summed E-state index contributed by atoms with van der Waals surface area (Å²) in [7, 11) is 4.29. The molecule has 1 unspecified atom stereocenters. The van der Waals surface area contributed by atoms with Crippen LogP contribution in [0.1, 0.15) is 37.1 Å². The Morgan fingerprint density at radius 2 is 2.04 bits per heavy atom. The molecular weight excluding hydrogens is 282 g/mol. The highest BCUT2D eigenvalue weighted by atomic mass is 15.1. The lowest BCUT2D eigenvalue weighted by molar-refractivity contribution is 0.291. The molecule has 0 bridgehead atoms. The summed E-state index contributed by atoms with van der Waals surface area (Å²) in [6, 6.07) is 11.1. The first-order valence-corrected chi connectivity index (χ1v) is 8.27. The number of hydrogen-bond donors (Lipinski definition) is 0. The molecule has 2 heterocycles. The molecule has 0 aliphatic carbocycles. The third-order valence-electron chi connectivity index (χ3n) is 4.85. The van der Waals surface area contributed by atoms with Gasteiger partial charge in [0, 0.05) is 29.9 Å². The van der Waals surface area contributed by atoms with Gasteiger partial charge in [-0.1, -0.05) is 38.1 Å². The van der Waals surface area contributed by atoms with Gasteiger partial charge in [-0.3, -0.25) is 9.98 Å². The Balaban J connectivity index is 2.04. The van der Waals surface area contributed by atoms with Gasteiger partial charge in [-0.05, 0) is 43.3 Å². The van der Waals surface area contributed by atoms with Gasteiger partial charge in [0.05, 0.1) is 12.2 Å². The highest BCUT2D eigenvalue weighted by Crippen LogP contribution is 2.33. The molecule has 1 atom stereocenters. The number of likely N-dealkylation sites (N-methyl/N-ethyl adjacent to an activating group) is 1. The summed E-state index contributed by atoms with van der Waals surface area (Å²) in [5, 5.41) is 0.